The molecule has 1 heterocycles. The molecule has 0 radical (unpaired) electrons. The van der Waals surface area contributed by atoms with Crippen LogP contribution in [0, 0.1) is 6.92 Å². The van der Waals surface area contributed by atoms with Gasteiger partial charge in [-0.2, -0.15) is 0 Å². The number of imidazole rings is 1. The number of nitrogens with one attached hydrogen (secondary N) is 1. The van der Waals surface area contributed by atoms with E-state index in [1.807, 2.05) is 37.3 Å². The van der Waals surface area contributed by atoms with Crippen molar-refractivity contribution in [1.82, 2.24) is 14.5 Å². The van der Waals surface area contributed by atoms with Crippen LogP contribution in [0.4, 0.5) is 11.6 Å². The van der Waals surface area contributed by atoms with E-state index in [-0.39, 0.29) is 5.54 Å². The quantitative estimate of drug-likeness (QED) is 0.907. The lowest BCUT2D eigenvalue weighted by molar-refractivity contribution is 0.170. The van der Waals surface area contributed by atoms with E-state index in [1.165, 1.54) is 0 Å². The molecule has 1 N–H and O–H groups in total. The molecule has 0 amide bonds. The molecule has 0 saturated heterocycles. The fourth-order valence-electron chi connectivity index (χ4n) is 1.98. The highest BCUT2D eigenvalue weighted by molar-refractivity contribution is 5.53. The lowest BCUT2D eigenvalue weighted by Gasteiger charge is -2.33. The second-order valence-electron chi connectivity index (χ2n) is 6.03. The molecule has 0 aliphatic heterocycles. The van der Waals surface area contributed by atoms with Gasteiger partial charge in [-0.3, -0.25) is 0 Å². The van der Waals surface area contributed by atoms with Gasteiger partial charge in [0.1, 0.15) is 0 Å². The van der Waals surface area contributed by atoms with Crippen molar-refractivity contribution in [3.05, 3.63) is 42.2 Å². The van der Waals surface area contributed by atoms with Crippen LogP contribution in [0.1, 0.15) is 19.5 Å². The van der Waals surface area contributed by atoms with Gasteiger partial charge in [-0.05, 0) is 47.0 Å². The number of anilines is 2. The van der Waals surface area contributed by atoms with Gasteiger partial charge < -0.3 is 14.8 Å². The molecule has 0 bridgehead atoms. The molecule has 4 heteroatoms. The molecule has 20 heavy (non-hydrogen) atoms. The van der Waals surface area contributed by atoms with Crippen LogP contribution >= 0.6 is 0 Å². The highest BCUT2D eigenvalue weighted by Crippen LogP contribution is 2.20. The van der Waals surface area contributed by atoms with Crippen molar-refractivity contribution in [2.24, 2.45) is 0 Å². The zero-order chi connectivity index (χ0) is 14.8. The number of rotatable bonds is 5. The van der Waals surface area contributed by atoms with E-state index in [2.05, 4.69) is 53.9 Å². The summed E-state index contributed by atoms with van der Waals surface area (Å²) in [5.74, 6) is 0.892. The lowest BCUT2D eigenvalue weighted by Crippen LogP contribution is -2.42. The Hall–Kier alpha value is -1.81. The summed E-state index contributed by atoms with van der Waals surface area (Å²) in [4.78, 5) is 6.81. The minimum absolute atomic E-state index is 0.0697. The smallest absolute Gasteiger partial charge is 0.207 e. The molecule has 0 aliphatic carbocycles. The molecule has 0 spiro atoms. The number of aryl methyl sites for hydroxylation is 1. The number of aromatic nitrogens is 2. The maximum atomic E-state index is 4.58. The van der Waals surface area contributed by atoms with Gasteiger partial charge in [0.2, 0.25) is 5.95 Å². The van der Waals surface area contributed by atoms with Crippen molar-refractivity contribution in [3.63, 3.8) is 0 Å². The molecule has 0 saturated carbocycles. The SMILES string of the molecule is Cc1cn(CC(C)(C)N(C)C)c(Nc2ccccc2)n1. The van der Waals surface area contributed by atoms with Crippen LogP contribution in [0.5, 0.6) is 0 Å². The van der Waals surface area contributed by atoms with Crippen LogP contribution in [0.15, 0.2) is 36.5 Å². The minimum Gasteiger partial charge on any atom is -0.326 e. The van der Waals surface area contributed by atoms with E-state index in [9.17, 15) is 0 Å². The third kappa shape index (κ3) is 3.39. The summed E-state index contributed by atoms with van der Waals surface area (Å²) in [5.41, 5.74) is 2.15. The van der Waals surface area contributed by atoms with Crippen molar-refractivity contribution in [3.8, 4) is 0 Å². The van der Waals surface area contributed by atoms with Crippen LogP contribution in [-0.4, -0.2) is 34.1 Å². The number of hydrogen-bond donors (Lipinski definition) is 1. The highest BCUT2D eigenvalue weighted by Gasteiger charge is 2.22. The van der Waals surface area contributed by atoms with E-state index in [4.69, 9.17) is 0 Å². The third-order valence-corrected chi connectivity index (χ3v) is 3.69. The second-order valence-corrected chi connectivity index (χ2v) is 6.03. The summed E-state index contributed by atoms with van der Waals surface area (Å²) in [6.45, 7) is 7.37. The monoisotopic (exact) mass is 272 g/mol. The average molecular weight is 272 g/mol. The van der Waals surface area contributed by atoms with Crippen molar-refractivity contribution < 1.29 is 0 Å². The number of likely N-dealkylation sites (N-methyl/N-ethyl adjacent to an activating group) is 1. The van der Waals surface area contributed by atoms with Crippen molar-refractivity contribution in [2.45, 2.75) is 32.9 Å². The highest BCUT2D eigenvalue weighted by atomic mass is 15.2. The Morgan fingerprint density at radius 1 is 1.20 bits per heavy atom. The maximum Gasteiger partial charge on any atom is 0.207 e. The van der Waals surface area contributed by atoms with Gasteiger partial charge in [0.15, 0.2) is 0 Å². The van der Waals surface area contributed by atoms with Gasteiger partial charge in [0.25, 0.3) is 0 Å². The number of benzene rings is 1. The summed E-state index contributed by atoms with van der Waals surface area (Å²) >= 11 is 0. The first-order valence-electron chi connectivity index (χ1n) is 6.92. The molecular weight excluding hydrogens is 248 g/mol. The Balaban J connectivity index is 2.23. The molecule has 0 unspecified atom stereocenters. The fourth-order valence-corrected chi connectivity index (χ4v) is 1.98. The Kier molecular flexibility index (Phi) is 4.14. The summed E-state index contributed by atoms with van der Waals surface area (Å²) < 4.78 is 2.18. The number of para-hydroxylation sites is 1. The van der Waals surface area contributed by atoms with Gasteiger partial charge in [-0.25, -0.2) is 4.98 Å². The minimum atomic E-state index is 0.0697. The second kappa shape index (κ2) is 5.67. The summed E-state index contributed by atoms with van der Waals surface area (Å²) in [7, 11) is 4.21. The molecule has 0 fully saturated rings. The number of hydrogen-bond acceptors (Lipinski definition) is 3. The Bertz CT molecular complexity index is 555. The van der Waals surface area contributed by atoms with E-state index in [1.54, 1.807) is 0 Å². The Morgan fingerprint density at radius 2 is 1.85 bits per heavy atom. The van der Waals surface area contributed by atoms with E-state index < -0.39 is 0 Å². The first kappa shape index (κ1) is 14.6. The zero-order valence-electron chi connectivity index (χ0n) is 13.0. The topological polar surface area (TPSA) is 33.1 Å². The fraction of sp³-hybridized carbons (Fsp3) is 0.438. The van der Waals surface area contributed by atoms with Gasteiger partial charge in [-0.15, -0.1) is 0 Å². The van der Waals surface area contributed by atoms with Crippen LogP contribution < -0.4 is 5.32 Å². The van der Waals surface area contributed by atoms with Crippen LogP contribution in [0.3, 0.4) is 0 Å². The predicted octanol–water partition coefficient (Wildman–Crippen LogP) is 3.28. The predicted molar refractivity (Wildman–Crippen MR) is 84.5 cm³/mol. The molecule has 0 atom stereocenters. The van der Waals surface area contributed by atoms with Crippen molar-refractivity contribution in [2.75, 3.05) is 19.4 Å². The van der Waals surface area contributed by atoms with Gasteiger partial charge in [0.05, 0.1) is 5.69 Å². The molecule has 1 aromatic carbocycles. The number of nitrogens with zero attached hydrogens (tertiary/aromatic N) is 3. The molecule has 2 aromatic rings. The first-order chi connectivity index (χ1) is 9.38. The van der Waals surface area contributed by atoms with E-state index in [0.717, 1.165) is 23.9 Å². The molecule has 1 aromatic heterocycles. The van der Waals surface area contributed by atoms with Gasteiger partial charge >= 0.3 is 0 Å². The molecule has 0 aliphatic rings. The summed E-state index contributed by atoms with van der Waals surface area (Å²) in [5, 5.41) is 3.39. The molecule has 108 valence electrons. The Morgan fingerprint density at radius 3 is 2.45 bits per heavy atom. The standard InChI is InChI=1S/C16H24N4/c1-13-11-20(12-16(2,3)19(4)5)15(17-13)18-14-9-7-6-8-10-14/h6-11H,12H2,1-5H3,(H,17,18). The van der Waals surface area contributed by atoms with Crippen LogP contribution in [0.25, 0.3) is 0 Å². The Labute approximate surface area is 121 Å². The van der Waals surface area contributed by atoms with Crippen molar-refractivity contribution >= 4 is 11.6 Å². The summed E-state index contributed by atoms with van der Waals surface area (Å²) in [6.07, 6.45) is 2.09. The largest absolute Gasteiger partial charge is 0.326 e. The van der Waals surface area contributed by atoms with E-state index in [0.29, 0.717) is 0 Å². The third-order valence-electron chi connectivity index (χ3n) is 3.69. The zero-order valence-corrected chi connectivity index (χ0v) is 13.0. The summed E-state index contributed by atoms with van der Waals surface area (Å²) in [6, 6.07) is 10.1. The van der Waals surface area contributed by atoms with Crippen molar-refractivity contribution in [1.29, 1.82) is 0 Å². The molecule has 4 nitrogen and oxygen atoms in total. The van der Waals surface area contributed by atoms with Crippen LogP contribution in [0.2, 0.25) is 0 Å². The lowest BCUT2D eigenvalue weighted by atomic mass is 10.0. The molecular formula is C16H24N4. The molecule has 2 rings (SSSR count). The van der Waals surface area contributed by atoms with Gasteiger partial charge in [0, 0.05) is 24.0 Å². The maximum absolute atomic E-state index is 4.58. The van der Waals surface area contributed by atoms with Gasteiger partial charge in [-0.1, -0.05) is 18.2 Å². The average Bonchev–Trinajstić information content (AvgIpc) is 2.69. The first-order valence-corrected chi connectivity index (χ1v) is 6.92. The van der Waals surface area contributed by atoms with E-state index >= 15 is 0 Å². The normalized spacial score (nSPS) is 11.9. The van der Waals surface area contributed by atoms with Crippen LogP contribution in [-0.2, 0) is 6.54 Å².